The normalized spacial score (nSPS) is 18.9. The summed E-state index contributed by atoms with van der Waals surface area (Å²) >= 11 is 0. The van der Waals surface area contributed by atoms with Crippen LogP contribution in [-0.4, -0.2) is 0 Å². The van der Waals surface area contributed by atoms with Crippen molar-refractivity contribution in [1.82, 2.24) is 0 Å². The molecule has 360 valence electrons. The van der Waals surface area contributed by atoms with Gasteiger partial charge in [-0.1, -0.05) is 152 Å². The van der Waals surface area contributed by atoms with Gasteiger partial charge in [0.2, 0.25) is 0 Å². The molecule has 0 amide bonds. The molecule has 5 heteroatoms. The zero-order valence-corrected chi connectivity index (χ0v) is 45.1. The Labute approximate surface area is 426 Å². The van der Waals surface area contributed by atoms with Crippen molar-refractivity contribution >= 4 is 46.6 Å². The zero-order valence-electron chi connectivity index (χ0n) is 45.1. The highest BCUT2D eigenvalue weighted by Crippen LogP contribution is 2.40. The summed E-state index contributed by atoms with van der Waals surface area (Å²) in [6.07, 6.45) is 17.5. The van der Waals surface area contributed by atoms with Crippen molar-refractivity contribution in [3.05, 3.63) is 175 Å². The van der Waals surface area contributed by atoms with Crippen molar-refractivity contribution in [1.29, 1.82) is 26.3 Å². The Bertz CT molecular complexity index is 3170. The number of nitriles is 5. The fourth-order valence-electron chi connectivity index (χ4n) is 8.53. The minimum Gasteiger partial charge on any atom is -0.199 e. The van der Waals surface area contributed by atoms with Crippen LogP contribution in [0.4, 0.5) is 0 Å². The van der Waals surface area contributed by atoms with Crippen LogP contribution in [-0.2, 0) is 21.7 Å². The molecule has 4 aromatic rings. The molecule has 0 N–H and O–H groups in total. The lowest BCUT2D eigenvalue weighted by Gasteiger charge is -2.31. The van der Waals surface area contributed by atoms with Crippen molar-refractivity contribution in [3.8, 4) is 30.3 Å². The molecule has 2 aliphatic rings. The van der Waals surface area contributed by atoms with Gasteiger partial charge in [0.15, 0.2) is 0 Å². The summed E-state index contributed by atoms with van der Waals surface area (Å²) in [5.41, 5.74) is 13.9. The molecular weight excluding hydrogens is 863 g/mol. The molecule has 4 aromatic carbocycles. The Kier molecular flexibility index (Phi) is 16.3. The Balaban J connectivity index is 0.00000305. The number of hydrogen-bond donors (Lipinski definition) is 0. The number of benzene rings is 4. The van der Waals surface area contributed by atoms with Crippen LogP contribution in [0.3, 0.4) is 0 Å². The molecule has 0 saturated carbocycles. The topological polar surface area (TPSA) is 119 Å². The van der Waals surface area contributed by atoms with Crippen LogP contribution >= 0.6 is 0 Å². The molecule has 1 unspecified atom stereocenters. The summed E-state index contributed by atoms with van der Waals surface area (Å²) in [6, 6.07) is 36.9. The van der Waals surface area contributed by atoms with Crippen molar-refractivity contribution in [3.63, 3.8) is 0 Å². The lowest BCUT2D eigenvalue weighted by molar-refractivity contribution is 0.290. The van der Waals surface area contributed by atoms with E-state index in [2.05, 4.69) is 207 Å². The molecule has 2 aliphatic carbocycles. The molecule has 0 heterocycles. The van der Waals surface area contributed by atoms with Crippen LogP contribution in [0.25, 0.3) is 46.6 Å². The highest BCUT2D eigenvalue weighted by molar-refractivity contribution is 5.96. The highest BCUT2D eigenvalue weighted by Gasteiger charge is 2.27. The molecule has 0 radical (unpaired) electrons. The zero-order chi connectivity index (χ0) is 52.9. The molecule has 0 fully saturated rings. The van der Waals surface area contributed by atoms with E-state index in [0.717, 1.165) is 84.3 Å². The van der Waals surface area contributed by atoms with E-state index in [0.29, 0.717) is 22.3 Å². The Morgan fingerprint density at radius 1 is 0.380 bits per heavy atom. The van der Waals surface area contributed by atoms with Crippen LogP contribution < -0.4 is 0 Å². The Morgan fingerprint density at radius 2 is 0.676 bits per heavy atom. The lowest BCUT2D eigenvalue weighted by Crippen LogP contribution is -2.21. The number of rotatable bonds is 0. The summed E-state index contributed by atoms with van der Waals surface area (Å²) in [6.45, 7) is 34.2. The van der Waals surface area contributed by atoms with Gasteiger partial charge in [0.05, 0.1) is 52.6 Å². The van der Waals surface area contributed by atoms with Crippen LogP contribution in [0.1, 0.15) is 184 Å². The van der Waals surface area contributed by atoms with Crippen molar-refractivity contribution in [2.24, 2.45) is 11.3 Å². The van der Waals surface area contributed by atoms with E-state index in [9.17, 15) is 21.0 Å². The third-order valence-corrected chi connectivity index (χ3v) is 13.1. The standard InChI is InChI=1S/C64H68N4.C2H3N/c1-60(2,3)55-27-41-16-17-42-19-47(33-56(28-42)61(4,5)6)52(38-66)24-44-21-49(35-58(30-44)63(10,11)12)54(40-68)26-46-22-50(36-59(32-46)64(13,14)15)53(39-67)25-45-20-48(34-57(31-45)62(7,8)9)51(37-65)23-43(18-41)29-55;1-2-3/h16-26,28-36,55H,27H2,1-15H3;1H3/b17-16+,51-23+,52-24+,53-25+,54-26+;. The minimum atomic E-state index is -0.273. The van der Waals surface area contributed by atoms with E-state index in [4.69, 9.17) is 5.26 Å². The average Bonchev–Trinajstić information content (AvgIpc) is 3.28. The highest BCUT2D eigenvalue weighted by atomic mass is 14.3. The van der Waals surface area contributed by atoms with Gasteiger partial charge in [-0.05, 0) is 190 Å². The van der Waals surface area contributed by atoms with Gasteiger partial charge in [0.1, 0.15) is 0 Å². The molecule has 10 bridgehead atoms. The van der Waals surface area contributed by atoms with Crippen molar-refractivity contribution in [2.75, 3.05) is 0 Å². The van der Waals surface area contributed by atoms with E-state index in [1.807, 2.05) is 42.5 Å². The first-order chi connectivity index (χ1) is 33.0. The predicted molar refractivity (Wildman–Crippen MR) is 299 cm³/mol. The van der Waals surface area contributed by atoms with Gasteiger partial charge in [0.25, 0.3) is 0 Å². The second kappa shape index (κ2) is 21.2. The monoisotopic (exact) mass is 934 g/mol. The summed E-state index contributed by atoms with van der Waals surface area (Å²) < 4.78 is 0. The lowest BCUT2D eigenvalue weighted by atomic mass is 9.73. The maximum absolute atomic E-state index is 10.9. The maximum atomic E-state index is 10.9. The molecule has 0 spiro atoms. The largest absolute Gasteiger partial charge is 0.199 e. The fraction of sp³-hybridized carbons (Fsp3) is 0.348. The SMILES string of the molecule is CC#N.CC(C)(C)c1cc2cc(c1)/C(C#N)=C/C1=CC(C(C)(C)C)CC(=C1)/C=C/c1cc(cc(C(C)(C)C)c1)/C(C#N)=C/c1cc(cc(C(C)(C)C)c1)/C(C#N)=C/c1cc(cc(C(C)(C)C)c1)/C(C#N)=C/2. The van der Waals surface area contributed by atoms with Gasteiger partial charge >= 0.3 is 0 Å². The van der Waals surface area contributed by atoms with Gasteiger partial charge in [-0.25, -0.2) is 0 Å². The van der Waals surface area contributed by atoms with Crippen molar-refractivity contribution in [2.45, 2.75) is 139 Å². The molecule has 5 nitrogen and oxygen atoms in total. The summed E-state index contributed by atoms with van der Waals surface area (Å²) in [4.78, 5) is 0. The van der Waals surface area contributed by atoms with Crippen molar-refractivity contribution < 1.29 is 0 Å². The fourth-order valence-corrected chi connectivity index (χ4v) is 8.53. The van der Waals surface area contributed by atoms with Crippen LogP contribution in [0.5, 0.6) is 0 Å². The molecule has 0 aromatic heterocycles. The second-order valence-electron chi connectivity index (χ2n) is 24.2. The molecule has 1 atom stereocenters. The van der Waals surface area contributed by atoms with E-state index < -0.39 is 0 Å². The molecule has 71 heavy (non-hydrogen) atoms. The third-order valence-electron chi connectivity index (χ3n) is 13.1. The first-order valence-corrected chi connectivity index (χ1v) is 24.5. The van der Waals surface area contributed by atoms with Gasteiger partial charge in [-0.2, -0.15) is 26.3 Å². The van der Waals surface area contributed by atoms with Gasteiger partial charge < -0.3 is 0 Å². The van der Waals surface area contributed by atoms with Gasteiger partial charge in [-0.3, -0.25) is 0 Å². The molecule has 0 aliphatic heterocycles. The maximum Gasteiger partial charge on any atom is 0.0998 e. The summed E-state index contributed by atoms with van der Waals surface area (Å²) in [5.74, 6) is 0.210. The van der Waals surface area contributed by atoms with Gasteiger partial charge in [-0.15, -0.1) is 0 Å². The van der Waals surface area contributed by atoms with E-state index in [1.165, 1.54) is 6.92 Å². The van der Waals surface area contributed by atoms with Crippen LogP contribution in [0.2, 0.25) is 0 Å². The smallest absolute Gasteiger partial charge is 0.0998 e. The first kappa shape index (κ1) is 54.5. The summed E-state index contributed by atoms with van der Waals surface area (Å²) in [7, 11) is 0. The Morgan fingerprint density at radius 3 is 0.972 bits per heavy atom. The van der Waals surface area contributed by atoms with Crippen LogP contribution in [0.15, 0.2) is 108 Å². The quantitative estimate of drug-likeness (QED) is 0.174. The average molecular weight is 934 g/mol. The number of nitrogens with zero attached hydrogens (tertiary/aromatic N) is 5. The minimum absolute atomic E-state index is 0.0395. The predicted octanol–water partition coefficient (Wildman–Crippen LogP) is 17.5. The van der Waals surface area contributed by atoms with Crippen LogP contribution in [0, 0.1) is 68.0 Å². The molecule has 6 rings (SSSR count). The second-order valence-corrected chi connectivity index (χ2v) is 24.2. The van der Waals surface area contributed by atoms with E-state index >= 15 is 0 Å². The van der Waals surface area contributed by atoms with Gasteiger partial charge in [0, 0.05) is 6.92 Å². The van der Waals surface area contributed by atoms with E-state index in [1.54, 1.807) is 6.07 Å². The summed E-state index contributed by atoms with van der Waals surface area (Å²) in [5, 5.41) is 50.9. The third kappa shape index (κ3) is 14.1. The number of hydrogen-bond acceptors (Lipinski definition) is 5. The molecular formula is C66H71N5. The molecule has 0 saturated heterocycles. The Hall–Kier alpha value is -7.49. The number of allylic oxidation sites excluding steroid dienone is 10. The first-order valence-electron chi connectivity index (χ1n) is 24.5. The number of fused-ring (bicyclic) bond motifs is 9. The van der Waals surface area contributed by atoms with E-state index in [-0.39, 0.29) is 33.0 Å².